The van der Waals surface area contributed by atoms with Crippen molar-refractivity contribution in [3.63, 3.8) is 0 Å². The molecule has 0 saturated carbocycles. The number of nitrogens with one attached hydrogen (secondary N) is 1. The molecule has 1 saturated heterocycles. The molecule has 1 aliphatic rings. The average Bonchev–Trinajstić information content (AvgIpc) is 2.56. The molecule has 24 heavy (non-hydrogen) atoms. The number of carbonyl (C=O) groups is 3. The van der Waals surface area contributed by atoms with Crippen LogP contribution in [0.2, 0.25) is 5.02 Å². The van der Waals surface area contributed by atoms with Crippen molar-refractivity contribution in [2.24, 2.45) is 0 Å². The molecule has 0 unspecified atom stereocenters. The van der Waals surface area contributed by atoms with Gasteiger partial charge in [0.1, 0.15) is 6.42 Å². The molecule has 1 heterocycles. The smallest absolute Gasteiger partial charge is 0.232 e. The first kappa shape index (κ1) is 18.3. The summed E-state index contributed by atoms with van der Waals surface area (Å²) < 4.78 is 0. The highest BCUT2D eigenvalue weighted by Gasteiger charge is 2.23. The zero-order valence-corrected chi connectivity index (χ0v) is 14.5. The van der Waals surface area contributed by atoms with E-state index in [1.165, 1.54) is 6.92 Å². The first-order valence-electron chi connectivity index (χ1n) is 8.00. The number of benzene rings is 1. The minimum Gasteiger partial charge on any atom is -0.355 e. The quantitative estimate of drug-likeness (QED) is 0.807. The highest BCUT2D eigenvalue weighted by Crippen LogP contribution is 2.09. The van der Waals surface area contributed by atoms with Gasteiger partial charge in [0.05, 0.1) is 0 Å². The number of amides is 3. The van der Waals surface area contributed by atoms with Crippen LogP contribution in [0.4, 0.5) is 0 Å². The Kier molecular flexibility index (Phi) is 6.61. The molecule has 0 radical (unpaired) electrons. The van der Waals surface area contributed by atoms with Gasteiger partial charge >= 0.3 is 0 Å². The van der Waals surface area contributed by atoms with Crippen LogP contribution in [0.25, 0.3) is 0 Å². The molecule has 7 heteroatoms. The van der Waals surface area contributed by atoms with Crippen molar-refractivity contribution < 1.29 is 14.4 Å². The number of rotatable bonds is 5. The highest BCUT2D eigenvalue weighted by atomic mass is 35.5. The zero-order chi connectivity index (χ0) is 17.5. The molecule has 0 aliphatic carbocycles. The van der Waals surface area contributed by atoms with Crippen LogP contribution in [0.1, 0.15) is 18.9 Å². The number of hydrogen-bond acceptors (Lipinski definition) is 3. The van der Waals surface area contributed by atoms with Crippen LogP contribution in [0.15, 0.2) is 24.3 Å². The predicted octanol–water partition coefficient (Wildman–Crippen LogP) is 1.08. The van der Waals surface area contributed by atoms with E-state index < -0.39 is 0 Å². The molecule has 1 fully saturated rings. The summed E-state index contributed by atoms with van der Waals surface area (Å²) in [6.45, 7) is 4.02. The lowest BCUT2D eigenvalue weighted by atomic mass is 10.1. The minimum atomic E-state index is -0.275. The van der Waals surface area contributed by atoms with Crippen molar-refractivity contribution in [3.8, 4) is 0 Å². The Morgan fingerprint density at radius 1 is 1.04 bits per heavy atom. The fraction of sp³-hybridized carbons (Fsp3) is 0.471. The molecular weight excluding hydrogens is 330 g/mol. The van der Waals surface area contributed by atoms with E-state index in [-0.39, 0.29) is 24.1 Å². The van der Waals surface area contributed by atoms with Crippen LogP contribution in [-0.2, 0) is 20.8 Å². The number of piperazine rings is 1. The fourth-order valence-electron chi connectivity index (χ4n) is 2.58. The molecular formula is C17H22ClN3O3. The Morgan fingerprint density at radius 2 is 1.62 bits per heavy atom. The predicted molar refractivity (Wildman–Crippen MR) is 91.6 cm³/mol. The number of nitrogens with zero attached hydrogens (tertiary/aromatic N) is 2. The second-order valence-corrected chi connectivity index (χ2v) is 6.23. The average molecular weight is 352 g/mol. The Morgan fingerprint density at radius 3 is 2.21 bits per heavy atom. The summed E-state index contributed by atoms with van der Waals surface area (Å²) in [6, 6.07) is 7.44. The third kappa shape index (κ3) is 5.53. The van der Waals surface area contributed by atoms with E-state index in [1.807, 2.05) is 24.3 Å². The number of carbonyl (C=O) groups excluding carboxylic acids is 3. The summed E-state index contributed by atoms with van der Waals surface area (Å²) in [7, 11) is 0. The van der Waals surface area contributed by atoms with E-state index in [4.69, 9.17) is 11.6 Å². The third-order valence-electron chi connectivity index (χ3n) is 4.04. The second-order valence-electron chi connectivity index (χ2n) is 5.79. The lowest BCUT2D eigenvalue weighted by Gasteiger charge is -2.34. The normalized spacial score (nSPS) is 14.4. The summed E-state index contributed by atoms with van der Waals surface area (Å²) in [6.07, 6.45) is 0.537. The SMILES string of the molecule is CC(=O)N1CCN(C(=O)CC(=O)NCCc2ccc(Cl)cc2)CC1. The molecule has 6 nitrogen and oxygen atoms in total. The standard InChI is InChI=1S/C17H22ClN3O3/c1-13(22)20-8-10-21(11-9-20)17(24)12-16(23)19-7-6-14-2-4-15(18)5-3-14/h2-5H,6-12H2,1H3,(H,19,23). The molecule has 1 aromatic rings. The zero-order valence-electron chi connectivity index (χ0n) is 13.8. The molecule has 0 spiro atoms. The Hall–Kier alpha value is -2.08. The first-order valence-corrected chi connectivity index (χ1v) is 8.38. The van der Waals surface area contributed by atoms with Crippen LogP contribution >= 0.6 is 11.6 Å². The van der Waals surface area contributed by atoms with E-state index >= 15 is 0 Å². The molecule has 0 atom stereocenters. The van der Waals surface area contributed by atoms with Crippen molar-refractivity contribution in [1.82, 2.24) is 15.1 Å². The van der Waals surface area contributed by atoms with Crippen molar-refractivity contribution in [2.45, 2.75) is 19.8 Å². The summed E-state index contributed by atoms with van der Waals surface area (Å²) in [4.78, 5) is 38.6. The van der Waals surface area contributed by atoms with E-state index in [9.17, 15) is 14.4 Å². The molecule has 3 amide bonds. The molecule has 0 aromatic heterocycles. The largest absolute Gasteiger partial charge is 0.355 e. The Balaban J connectivity index is 1.67. The van der Waals surface area contributed by atoms with Crippen molar-refractivity contribution in [3.05, 3.63) is 34.9 Å². The molecule has 0 bridgehead atoms. The maximum absolute atomic E-state index is 12.1. The summed E-state index contributed by atoms with van der Waals surface area (Å²) in [5, 5.41) is 3.44. The molecule has 2 rings (SSSR count). The van der Waals surface area contributed by atoms with Gasteiger partial charge in [0.15, 0.2) is 0 Å². The van der Waals surface area contributed by atoms with Gasteiger partial charge < -0.3 is 15.1 Å². The summed E-state index contributed by atoms with van der Waals surface area (Å²) in [5.74, 6) is -0.452. The van der Waals surface area contributed by atoms with Crippen molar-refractivity contribution in [2.75, 3.05) is 32.7 Å². The molecule has 130 valence electrons. The monoisotopic (exact) mass is 351 g/mol. The maximum Gasteiger partial charge on any atom is 0.232 e. The lowest BCUT2D eigenvalue weighted by molar-refractivity contribution is -0.141. The van der Waals surface area contributed by atoms with Gasteiger partial charge in [-0.15, -0.1) is 0 Å². The van der Waals surface area contributed by atoms with E-state index in [0.717, 1.165) is 5.56 Å². The van der Waals surface area contributed by atoms with Gasteiger partial charge in [0.25, 0.3) is 0 Å². The highest BCUT2D eigenvalue weighted by molar-refractivity contribution is 6.30. The lowest BCUT2D eigenvalue weighted by Crippen LogP contribution is -2.50. The summed E-state index contributed by atoms with van der Waals surface area (Å²) in [5.41, 5.74) is 1.08. The van der Waals surface area contributed by atoms with E-state index in [2.05, 4.69) is 5.32 Å². The topological polar surface area (TPSA) is 69.7 Å². The van der Waals surface area contributed by atoms with Crippen LogP contribution in [0, 0.1) is 0 Å². The van der Waals surface area contributed by atoms with Crippen molar-refractivity contribution in [1.29, 1.82) is 0 Å². The van der Waals surface area contributed by atoms with Crippen LogP contribution in [0.5, 0.6) is 0 Å². The molecule has 1 N–H and O–H groups in total. The van der Waals surface area contributed by atoms with Gasteiger partial charge in [0, 0.05) is 44.7 Å². The van der Waals surface area contributed by atoms with Gasteiger partial charge in [-0.25, -0.2) is 0 Å². The molecule has 1 aromatic carbocycles. The van der Waals surface area contributed by atoms with Crippen LogP contribution in [0.3, 0.4) is 0 Å². The number of halogens is 1. The minimum absolute atomic E-state index is 0.0158. The van der Waals surface area contributed by atoms with Gasteiger partial charge in [-0.2, -0.15) is 0 Å². The van der Waals surface area contributed by atoms with E-state index in [1.54, 1.807) is 9.80 Å². The Labute approximate surface area is 146 Å². The number of hydrogen-bond donors (Lipinski definition) is 1. The van der Waals surface area contributed by atoms with Gasteiger partial charge in [-0.3, -0.25) is 14.4 Å². The fourth-order valence-corrected chi connectivity index (χ4v) is 2.71. The van der Waals surface area contributed by atoms with Crippen LogP contribution < -0.4 is 5.32 Å². The Bertz CT molecular complexity index is 596. The third-order valence-corrected chi connectivity index (χ3v) is 4.29. The molecule has 1 aliphatic heterocycles. The van der Waals surface area contributed by atoms with E-state index in [0.29, 0.717) is 44.2 Å². The van der Waals surface area contributed by atoms with Gasteiger partial charge in [-0.1, -0.05) is 23.7 Å². The maximum atomic E-state index is 12.1. The van der Waals surface area contributed by atoms with Crippen molar-refractivity contribution >= 4 is 29.3 Å². The first-order chi connectivity index (χ1) is 11.5. The van der Waals surface area contributed by atoms with Gasteiger partial charge in [0.2, 0.25) is 17.7 Å². The summed E-state index contributed by atoms with van der Waals surface area (Å²) >= 11 is 5.82. The second kappa shape index (κ2) is 8.68. The van der Waals surface area contributed by atoms with Crippen LogP contribution in [-0.4, -0.2) is 60.2 Å². The van der Waals surface area contributed by atoms with Gasteiger partial charge in [-0.05, 0) is 24.1 Å².